The molecule has 2 aliphatic heterocycles. The number of carbonyl (C=O) groups is 3. The fraction of sp³-hybridized carbons (Fsp3) is 0.464. The minimum Gasteiger partial charge on any atom is -0.343 e. The molecule has 0 bridgehead atoms. The number of alkyl halides is 3. The van der Waals surface area contributed by atoms with Crippen molar-refractivity contribution in [1.82, 2.24) is 14.7 Å². The molecule has 2 saturated heterocycles. The number of carbonyl (C=O) groups excluding carboxylic acids is 3. The Hall–Kier alpha value is -3.15. The van der Waals surface area contributed by atoms with Crippen molar-refractivity contribution in [1.29, 1.82) is 0 Å². The number of benzene rings is 2. The lowest BCUT2D eigenvalue weighted by molar-refractivity contribution is -0.139. The molecule has 2 aromatic rings. The van der Waals surface area contributed by atoms with Crippen LogP contribution in [0.5, 0.6) is 0 Å². The van der Waals surface area contributed by atoms with Crippen molar-refractivity contribution in [2.24, 2.45) is 5.92 Å². The highest BCUT2D eigenvalue weighted by Crippen LogP contribution is 2.36. The first-order valence-corrected chi connectivity index (χ1v) is 13.7. The first-order valence-electron chi connectivity index (χ1n) is 12.9. The van der Waals surface area contributed by atoms with Gasteiger partial charge in [-0.05, 0) is 48.7 Å². The van der Waals surface area contributed by atoms with Crippen molar-refractivity contribution in [3.05, 3.63) is 63.9 Å². The van der Waals surface area contributed by atoms with Crippen molar-refractivity contribution < 1.29 is 31.9 Å². The predicted octanol–water partition coefficient (Wildman–Crippen LogP) is 5.35. The van der Waals surface area contributed by atoms with E-state index in [0.717, 1.165) is 22.6 Å². The van der Waals surface area contributed by atoms with E-state index < -0.39 is 29.6 Å². The van der Waals surface area contributed by atoms with Crippen molar-refractivity contribution in [2.45, 2.75) is 37.9 Å². The van der Waals surface area contributed by atoms with Crippen molar-refractivity contribution in [2.75, 3.05) is 45.2 Å². The SMILES string of the molecule is CC(=O)N1CCC(C(=O)N2C[C@@H](N(C)C(=O)N(C)c3cc(Br)cc(C(F)(F)F)c3)[C@H](c3ccc(F)cc3)C2)CC1. The second kappa shape index (κ2) is 11.8. The molecule has 2 aromatic carbocycles. The van der Waals surface area contributed by atoms with E-state index in [0.29, 0.717) is 32.5 Å². The number of piperidine rings is 1. The molecular formula is C28H31BrF4N4O3. The van der Waals surface area contributed by atoms with E-state index in [-0.39, 0.29) is 40.4 Å². The molecular weight excluding hydrogens is 596 g/mol. The summed E-state index contributed by atoms with van der Waals surface area (Å²) in [5.41, 5.74) is -0.0888. The molecule has 2 atom stereocenters. The Morgan fingerprint density at radius 3 is 2.15 bits per heavy atom. The van der Waals surface area contributed by atoms with Crippen LogP contribution in [0.1, 0.15) is 36.8 Å². The molecule has 4 rings (SSSR count). The highest BCUT2D eigenvalue weighted by molar-refractivity contribution is 9.10. The molecule has 0 unspecified atom stereocenters. The number of likely N-dealkylation sites (N-methyl/N-ethyl adjacent to an activating group) is 1. The maximum atomic E-state index is 13.7. The lowest BCUT2D eigenvalue weighted by Gasteiger charge is -2.33. The summed E-state index contributed by atoms with van der Waals surface area (Å²) in [6.45, 7) is 3.03. The van der Waals surface area contributed by atoms with Crippen LogP contribution in [0, 0.1) is 11.7 Å². The third-order valence-corrected chi connectivity index (χ3v) is 8.33. The fourth-order valence-corrected chi connectivity index (χ4v) is 6.00. The zero-order chi connectivity index (χ0) is 29.4. The molecule has 4 amide bonds. The van der Waals surface area contributed by atoms with Crippen LogP contribution in [0.2, 0.25) is 0 Å². The summed E-state index contributed by atoms with van der Waals surface area (Å²) >= 11 is 3.10. The summed E-state index contributed by atoms with van der Waals surface area (Å²) in [6.07, 6.45) is -3.50. The van der Waals surface area contributed by atoms with E-state index in [1.807, 2.05) is 0 Å². The van der Waals surface area contributed by atoms with Crippen LogP contribution in [-0.4, -0.2) is 78.9 Å². The number of halogens is 5. The molecule has 216 valence electrons. The van der Waals surface area contributed by atoms with Crippen molar-refractivity contribution >= 4 is 39.5 Å². The number of amides is 4. The van der Waals surface area contributed by atoms with E-state index in [2.05, 4.69) is 15.9 Å². The highest BCUT2D eigenvalue weighted by Gasteiger charge is 2.43. The van der Waals surface area contributed by atoms with Gasteiger partial charge in [-0.15, -0.1) is 0 Å². The van der Waals surface area contributed by atoms with Crippen LogP contribution < -0.4 is 4.90 Å². The smallest absolute Gasteiger partial charge is 0.343 e. The zero-order valence-corrected chi connectivity index (χ0v) is 24.0. The molecule has 2 aliphatic rings. The first-order chi connectivity index (χ1) is 18.8. The molecule has 40 heavy (non-hydrogen) atoms. The summed E-state index contributed by atoms with van der Waals surface area (Å²) in [6, 6.07) is 8.12. The van der Waals surface area contributed by atoms with E-state index in [9.17, 15) is 31.9 Å². The molecule has 7 nitrogen and oxygen atoms in total. The molecule has 0 spiro atoms. The van der Waals surface area contributed by atoms with E-state index in [4.69, 9.17) is 0 Å². The van der Waals surface area contributed by atoms with E-state index in [1.165, 1.54) is 37.1 Å². The van der Waals surface area contributed by atoms with Crippen LogP contribution in [-0.2, 0) is 15.8 Å². The molecule has 2 heterocycles. The molecule has 0 radical (unpaired) electrons. The number of nitrogens with zero attached hydrogens (tertiary/aromatic N) is 4. The Kier molecular flexibility index (Phi) is 8.77. The fourth-order valence-electron chi connectivity index (χ4n) is 5.52. The number of hydrogen-bond donors (Lipinski definition) is 0. The van der Waals surface area contributed by atoms with E-state index >= 15 is 0 Å². The normalized spacial score (nSPS) is 20.0. The Bertz CT molecular complexity index is 1270. The number of likely N-dealkylation sites (tertiary alicyclic amines) is 2. The number of urea groups is 1. The second-order valence-corrected chi connectivity index (χ2v) is 11.3. The van der Waals surface area contributed by atoms with Gasteiger partial charge in [-0.1, -0.05) is 28.1 Å². The molecule has 0 aromatic heterocycles. The largest absolute Gasteiger partial charge is 0.416 e. The Morgan fingerprint density at radius 2 is 1.57 bits per heavy atom. The summed E-state index contributed by atoms with van der Waals surface area (Å²) in [7, 11) is 2.95. The van der Waals surface area contributed by atoms with Crippen LogP contribution in [0.3, 0.4) is 0 Å². The van der Waals surface area contributed by atoms with Gasteiger partial charge in [-0.25, -0.2) is 9.18 Å². The van der Waals surface area contributed by atoms with Gasteiger partial charge < -0.3 is 14.7 Å². The lowest BCUT2D eigenvalue weighted by Crippen LogP contribution is -2.48. The van der Waals surface area contributed by atoms with Gasteiger partial charge in [-0.3, -0.25) is 14.5 Å². The van der Waals surface area contributed by atoms with Gasteiger partial charge >= 0.3 is 12.2 Å². The number of anilines is 1. The van der Waals surface area contributed by atoms with Gasteiger partial charge in [0.05, 0.1) is 11.6 Å². The maximum absolute atomic E-state index is 13.7. The van der Waals surface area contributed by atoms with Gasteiger partial charge in [0.15, 0.2) is 0 Å². The van der Waals surface area contributed by atoms with Gasteiger partial charge in [0, 0.05) is 69.2 Å². The molecule has 2 fully saturated rings. The minimum atomic E-state index is -4.59. The zero-order valence-electron chi connectivity index (χ0n) is 22.4. The summed E-state index contributed by atoms with van der Waals surface area (Å²) in [4.78, 5) is 44.8. The van der Waals surface area contributed by atoms with Crippen LogP contribution in [0.4, 0.5) is 28.0 Å². The average molecular weight is 627 g/mol. The number of hydrogen-bond acceptors (Lipinski definition) is 3. The predicted molar refractivity (Wildman–Crippen MR) is 145 cm³/mol. The summed E-state index contributed by atoms with van der Waals surface area (Å²) in [5.74, 6) is -1.09. The topological polar surface area (TPSA) is 64.2 Å². The third kappa shape index (κ3) is 6.42. The van der Waals surface area contributed by atoms with Gasteiger partial charge in [0.1, 0.15) is 5.82 Å². The van der Waals surface area contributed by atoms with E-state index in [1.54, 1.807) is 29.0 Å². The van der Waals surface area contributed by atoms with Gasteiger partial charge in [0.2, 0.25) is 11.8 Å². The first kappa shape index (κ1) is 29.8. The van der Waals surface area contributed by atoms with Crippen LogP contribution in [0.25, 0.3) is 0 Å². The summed E-state index contributed by atoms with van der Waals surface area (Å²) in [5, 5.41) is 0. The third-order valence-electron chi connectivity index (χ3n) is 7.87. The van der Waals surface area contributed by atoms with Crippen molar-refractivity contribution in [3.8, 4) is 0 Å². The number of rotatable bonds is 4. The Morgan fingerprint density at radius 1 is 0.950 bits per heavy atom. The maximum Gasteiger partial charge on any atom is 0.416 e. The van der Waals surface area contributed by atoms with Gasteiger partial charge in [0.25, 0.3) is 0 Å². The lowest BCUT2D eigenvalue weighted by atomic mass is 9.93. The van der Waals surface area contributed by atoms with Crippen LogP contribution in [0.15, 0.2) is 46.9 Å². The molecule has 0 aliphatic carbocycles. The molecule has 12 heteroatoms. The molecule has 0 saturated carbocycles. The molecule has 0 N–H and O–H groups in total. The Balaban J connectivity index is 1.57. The summed E-state index contributed by atoms with van der Waals surface area (Å²) < 4.78 is 54.1. The average Bonchev–Trinajstić information content (AvgIpc) is 3.36. The quantitative estimate of drug-likeness (QED) is 0.430. The second-order valence-electron chi connectivity index (χ2n) is 10.4. The Labute approximate surface area is 238 Å². The van der Waals surface area contributed by atoms with Crippen LogP contribution >= 0.6 is 15.9 Å². The highest BCUT2D eigenvalue weighted by atomic mass is 79.9. The van der Waals surface area contributed by atoms with Gasteiger partial charge in [-0.2, -0.15) is 13.2 Å². The minimum absolute atomic E-state index is 0.0273. The standard InChI is InChI=1S/C28H31BrF4N4O3/c1-17(38)36-10-8-19(9-11-36)26(39)37-15-24(18-4-6-22(30)7-5-18)25(16-37)35(3)27(40)34(2)23-13-20(28(31,32)33)12-21(29)14-23/h4-7,12-14,19,24-25H,8-11,15-16H2,1-3H3/t24-,25+/m0/s1. The van der Waals surface area contributed by atoms with Crippen molar-refractivity contribution in [3.63, 3.8) is 0 Å². The monoisotopic (exact) mass is 626 g/mol.